The van der Waals surface area contributed by atoms with Crippen molar-refractivity contribution in [1.82, 2.24) is 0 Å². The number of benzene rings is 4. The molecule has 0 fully saturated rings. The molecule has 4 aromatic rings. The third-order valence-corrected chi connectivity index (χ3v) is 31.3. The van der Waals surface area contributed by atoms with Crippen LogP contribution >= 0.6 is 63.4 Å². The average Bonchev–Trinajstić information content (AvgIpc) is 3.75. The van der Waals surface area contributed by atoms with Crippen molar-refractivity contribution in [2.75, 3.05) is 0 Å². The summed E-state index contributed by atoms with van der Waals surface area (Å²) in [5, 5.41) is 0. The van der Waals surface area contributed by atoms with E-state index in [9.17, 15) is 0 Å². The van der Waals surface area contributed by atoms with Gasteiger partial charge < -0.3 is 0 Å². The number of halogens is 6. The van der Waals surface area contributed by atoms with Crippen molar-refractivity contribution in [3.8, 4) is 11.1 Å². The first-order chi connectivity index (χ1) is 23.5. The van der Waals surface area contributed by atoms with Crippen molar-refractivity contribution in [3.05, 3.63) is 153 Å². The quantitative estimate of drug-likeness (QED) is 0.155. The third-order valence-electron chi connectivity index (χ3n) is 10.4. The van der Waals surface area contributed by atoms with Gasteiger partial charge in [-0.05, 0) is 0 Å². The molecule has 7 heteroatoms. The van der Waals surface area contributed by atoms with Crippen LogP contribution < -0.4 is 0 Å². The fourth-order valence-electron chi connectivity index (χ4n) is 7.88. The predicted octanol–water partition coefficient (Wildman–Crippen LogP) is 14.5. The van der Waals surface area contributed by atoms with E-state index in [4.69, 9.17) is 63.4 Å². The van der Waals surface area contributed by atoms with Crippen molar-refractivity contribution in [1.29, 1.82) is 0 Å². The van der Waals surface area contributed by atoms with Crippen molar-refractivity contribution >= 4 is 66.6 Å². The Morgan fingerprint density at radius 3 is 1.22 bits per heavy atom. The average molecular weight is 865 g/mol. The molecule has 0 heterocycles. The second-order valence-corrected chi connectivity index (χ2v) is 37.8. The molecule has 0 bridgehead atoms. The van der Waals surface area contributed by atoms with Gasteiger partial charge in [-0.15, -0.1) is 0 Å². The first-order valence-corrected chi connectivity index (χ1v) is 29.7. The Labute approximate surface area is 326 Å². The fourth-order valence-corrected chi connectivity index (χ4v) is 27.8. The summed E-state index contributed by atoms with van der Waals surface area (Å²) in [6.07, 6.45) is 8.58. The third kappa shape index (κ3) is 6.86. The first kappa shape index (κ1) is 38.6. The Morgan fingerprint density at radius 2 is 0.900 bits per heavy atom. The number of alkyl halides is 4. The standard InChI is InChI=1S/C21H25.C17H14Cl4.C5H5.2ClH.Zr/c1-20(2,3)16-9-7-14-11-15-8-10-17(21(4,5)6)13-19(15)18(14)12-16;18-8-14-2-12(3-15(6-14)9-19)1-13-4-16(10-20)7-17(5-13)11-21;1-2-4-5-3-1;;;/h7-13H,1-6H3;2-7H,8-11H2;1-5H;2*1H;/q;;;;;+2/p-2. The Morgan fingerprint density at radius 1 is 0.540 bits per heavy atom. The van der Waals surface area contributed by atoms with Crippen LogP contribution in [-0.2, 0) is 50.3 Å². The van der Waals surface area contributed by atoms with Gasteiger partial charge in [-0.2, -0.15) is 0 Å². The summed E-state index contributed by atoms with van der Waals surface area (Å²) >= 11 is 20.6. The molecule has 2 aliphatic carbocycles. The van der Waals surface area contributed by atoms with Gasteiger partial charge in [0.25, 0.3) is 0 Å². The van der Waals surface area contributed by atoms with Crippen molar-refractivity contribution in [3.63, 3.8) is 0 Å². The molecule has 50 heavy (non-hydrogen) atoms. The van der Waals surface area contributed by atoms with E-state index >= 15 is 0 Å². The van der Waals surface area contributed by atoms with Gasteiger partial charge in [0, 0.05) is 0 Å². The zero-order valence-electron chi connectivity index (χ0n) is 29.5. The van der Waals surface area contributed by atoms with E-state index < -0.39 is 15.9 Å². The molecule has 0 amide bonds. The molecule has 0 unspecified atom stereocenters. The maximum absolute atomic E-state index is 8.84. The zero-order chi connectivity index (χ0) is 36.2. The van der Waals surface area contributed by atoms with Crippen molar-refractivity contribution < 1.29 is 15.9 Å². The van der Waals surface area contributed by atoms with Crippen LogP contribution in [0.15, 0.2) is 97.1 Å². The van der Waals surface area contributed by atoms with E-state index in [0.29, 0.717) is 23.5 Å². The normalized spacial score (nSPS) is 15.1. The van der Waals surface area contributed by atoms with Gasteiger partial charge in [0.2, 0.25) is 0 Å². The van der Waals surface area contributed by atoms with Crippen LogP contribution in [-0.4, -0.2) is 3.21 Å². The summed E-state index contributed by atoms with van der Waals surface area (Å²) in [6, 6.07) is 26.6. The molecule has 262 valence electrons. The van der Waals surface area contributed by atoms with Crippen LogP contribution in [0.25, 0.3) is 11.1 Å². The van der Waals surface area contributed by atoms with Crippen LogP contribution in [0.1, 0.15) is 101 Å². The van der Waals surface area contributed by atoms with Crippen molar-refractivity contribution in [2.24, 2.45) is 0 Å². The van der Waals surface area contributed by atoms with Crippen LogP contribution in [0.2, 0.25) is 3.63 Å². The molecule has 0 aromatic heterocycles. The van der Waals surface area contributed by atoms with Gasteiger partial charge in [-0.25, -0.2) is 0 Å². The number of hydrogen-bond acceptors (Lipinski definition) is 0. The molecule has 0 saturated carbocycles. The van der Waals surface area contributed by atoms with E-state index in [0.717, 1.165) is 36.6 Å². The molecule has 0 atom stereocenters. The van der Waals surface area contributed by atoms with E-state index in [2.05, 4.69) is 139 Å². The first-order valence-electron chi connectivity index (χ1n) is 17.1. The van der Waals surface area contributed by atoms with Crippen LogP contribution in [0, 0.1) is 0 Å². The molecular formula is C43H44Cl6Zr. The van der Waals surface area contributed by atoms with Crippen LogP contribution in [0.3, 0.4) is 0 Å². The monoisotopic (exact) mass is 860 g/mol. The van der Waals surface area contributed by atoms with E-state index in [-0.39, 0.29) is 18.1 Å². The topological polar surface area (TPSA) is 0 Å². The van der Waals surface area contributed by atoms with Crippen LogP contribution in [0.4, 0.5) is 0 Å². The number of rotatable bonds is 8. The Hall–Kier alpha value is -1.15. The SMILES string of the molecule is CC(C)(C)c1ccc2c(c1)-c1cc(C(C)(C)C)ccc1[CH]2[Zr]([Cl])([Cl])(=[C](c1cc(CCl)cc(CCl)c1)c1cc(CCl)cc(CCl)c1)[CH]1C=CC=C1. The summed E-state index contributed by atoms with van der Waals surface area (Å²) in [6.45, 7) is 13.6. The number of allylic oxidation sites excluding steroid dienone is 4. The molecule has 0 radical (unpaired) electrons. The van der Waals surface area contributed by atoms with Gasteiger partial charge in [0.1, 0.15) is 0 Å². The van der Waals surface area contributed by atoms with E-state index in [1.54, 1.807) is 0 Å². The number of fused-ring (bicyclic) bond motifs is 3. The van der Waals surface area contributed by atoms with E-state index in [1.807, 2.05) is 0 Å². The Balaban J connectivity index is 1.87. The molecule has 2 aliphatic rings. The summed E-state index contributed by atoms with van der Waals surface area (Å²) in [7, 11) is 17.7. The summed E-state index contributed by atoms with van der Waals surface area (Å²) < 4.78 is 0.496. The minimum atomic E-state index is -5.65. The molecule has 6 rings (SSSR count). The zero-order valence-corrected chi connectivity index (χ0v) is 36.5. The van der Waals surface area contributed by atoms with E-state index in [1.165, 1.54) is 33.4 Å². The Kier molecular flexibility index (Phi) is 11.0. The summed E-state index contributed by atoms with van der Waals surface area (Å²) in [5.74, 6) is 1.33. The molecule has 0 spiro atoms. The second kappa shape index (κ2) is 14.3. The minimum absolute atomic E-state index is 0.0387. The van der Waals surface area contributed by atoms with Gasteiger partial charge in [0.05, 0.1) is 0 Å². The summed E-state index contributed by atoms with van der Waals surface area (Å²) in [4.78, 5) is 0. The molecule has 4 aromatic carbocycles. The van der Waals surface area contributed by atoms with Gasteiger partial charge in [-0.3, -0.25) is 0 Å². The molecule has 0 aliphatic heterocycles. The van der Waals surface area contributed by atoms with Gasteiger partial charge >= 0.3 is 330 Å². The van der Waals surface area contributed by atoms with Crippen LogP contribution in [0.5, 0.6) is 0 Å². The van der Waals surface area contributed by atoms with Crippen molar-refractivity contribution in [2.45, 2.75) is 83.1 Å². The van der Waals surface area contributed by atoms with Gasteiger partial charge in [-0.1, -0.05) is 0 Å². The second-order valence-electron chi connectivity index (χ2n) is 16.0. The molecule has 0 saturated heterocycles. The molecular weight excluding hydrogens is 820 g/mol. The van der Waals surface area contributed by atoms with Gasteiger partial charge in [0.15, 0.2) is 0 Å². The fraction of sp³-hybridized carbons (Fsp3) is 0.326. The number of hydrogen-bond donors (Lipinski definition) is 0. The Bertz CT molecular complexity index is 1920. The summed E-state index contributed by atoms with van der Waals surface area (Å²) in [5.41, 5.74) is 13.0. The molecule has 0 N–H and O–H groups in total. The predicted molar refractivity (Wildman–Crippen MR) is 219 cm³/mol. The maximum atomic E-state index is 8.84. The molecule has 0 nitrogen and oxygen atoms in total.